The summed E-state index contributed by atoms with van der Waals surface area (Å²) in [6.07, 6.45) is 5.51. The lowest BCUT2D eigenvalue weighted by atomic mass is 9.96. The van der Waals surface area contributed by atoms with Gasteiger partial charge in [0, 0.05) is 6.04 Å². The van der Waals surface area contributed by atoms with Gasteiger partial charge in [0.2, 0.25) is 0 Å². The van der Waals surface area contributed by atoms with Crippen molar-refractivity contribution in [2.24, 2.45) is 0 Å². The molecule has 1 saturated carbocycles. The van der Waals surface area contributed by atoms with E-state index in [9.17, 15) is 4.79 Å². The maximum absolute atomic E-state index is 12.0. The zero-order valence-corrected chi connectivity index (χ0v) is 12.7. The van der Waals surface area contributed by atoms with Gasteiger partial charge in [0.1, 0.15) is 5.75 Å². The van der Waals surface area contributed by atoms with E-state index < -0.39 is 0 Å². The summed E-state index contributed by atoms with van der Waals surface area (Å²) in [4.78, 5) is 12.0. The van der Waals surface area contributed by atoms with E-state index in [1.165, 1.54) is 19.3 Å². The van der Waals surface area contributed by atoms with Gasteiger partial charge in [0.25, 0.3) is 0 Å². The van der Waals surface area contributed by atoms with Gasteiger partial charge in [-0.05, 0) is 42.9 Å². The number of carbonyl (C=O) groups is 1. The van der Waals surface area contributed by atoms with Crippen molar-refractivity contribution in [2.75, 3.05) is 0 Å². The molecule has 3 heteroatoms. The van der Waals surface area contributed by atoms with Crippen LogP contribution < -0.4 is 10.1 Å². The predicted molar refractivity (Wildman–Crippen MR) is 81.3 cm³/mol. The van der Waals surface area contributed by atoms with E-state index in [1.54, 1.807) is 0 Å². The Morgan fingerprint density at radius 1 is 1.25 bits per heavy atom. The molecule has 110 valence electrons. The molecule has 0 aromatic heterocycles. The van der Waals surface area contributed by atoms with Crippen molar-refractivity contribution < 1.29 is 9.53 Å². The molecule has 2 rings (SSSR count). The zero-order valence-electron chi connectivity index (χ0n) is 12.7. The van der Waals surface area contributed by atoms with Gasteiger partial charge in [0.15, 0.2) is 0 Å². The number of aryl methyl sites for hydroxylation is 1. The molecule has 1 fully saturated rings. The third-order valence-corrected chi connectivity index (χ3v) is 3.92. The molecule has 1 N–H and O–H groups in total. The number of rotatable bonds is 3. The van der Waals surface area contributed by atoms with Crippen LogP contribution in [0.5, 0.6) is 5.75 Å². The normalized spacial score (nSPS) is 16.2. The molecule has 1 aliphatic carbocycles. The molecule has 0 heterocycles. The van der Waals surface area contributed by atoms with Gasteiger partial charge in [-0.15, -0.1) is 0 Å². The van der Waals surface area contributed by atoms with E-state index in [4.69, 9.17) is 4.74 Å². The summed E-state index contributed by atoms with van der Waals surface area (Å²) in [6.45, 7) is 6.23. The summed E-state index contributed by atoms with van der Waals surface area (Å²) in [7, 11) is 0. The van der Waals surface area contributed by atoms with Crippen molar-refractivity contribution in [3.63, 3.8) is 0 Å². The maximum atomic E-state index is 12.0. The van der Waals surface area contributed by atoms with Crippen molar-refractivity contribution >= 4 is 6.09 Å². The molecule has 1 aliphatic rings. The van der Waals surface area contributed by atoms with Crippen LogP contribution in [0.2, 0.25) is 0 Å². The van der Waals surface area contributed by atoms with Crippen LogP contribution in [0.25, 0.3) is 0 Å². The summed E-state index contributed by atoms with van der Waals surface area (Å²) in [5.74, 6) is 1.03. The molecule has 20 heavy (non-hydrogen) atoms. The van der Waals surface area contributed by atoms with Crippen LogP contribution in [0.15, 0.2) is 18.2 Å². The van der Waals surface area contributed by atoms with Gasteiger partial charge >= 0.3 is 6.09 Å². The molecule has 0 spiro atoms. The van der Waals surface area contributed by atoms with Crippen LogP contribution in [0.3, 0.4) is 0 Å². The van der Waals surface area contributed by atoms with E-state index >= 15 is 0 Å². The first-order chi connectivity index (χ1) is 9.56. The molecule has 1 aromatic rings. The molecule has 1 aromatic carbocycles. The third kappa shape index (κ3) is 3.99. The highest BCUT2D eigenvalue weighted by atomic mass is 16.6. The lowest BCUT2D eigenvalue weighted by Crippen LogP contribution is -2.38. The monoisotopic (exact) mass is 275 g/mol. The minimum absolute atomic E-state index is 0.281. The summed E-state index contributed by atoms with van der Waals surface area (Å²) in [5.41, 5.74) is 2.18. The number of nitrogens with one attached hydrogen (secondary N) is 1. The van der Waals surface area contributed by atoms with Gasteiger partial charge in [-0.1, -0.05) is 45.2 Å². The molecular weight excluding hydrogens is 250 g/mol. The van der Waals surface area contributed by atoms with Gasteiger partial charge in [0.05, 0.1) is 0 Å². The van der Waals surface area contributed by atoms with Crippen LogP contribution in [0.1, 0.15) is 63.0 Å². The molecule has 0 unspecified atom stereocenters. The van der Waals surface area contributed by atoms with E-state index in [2.05, 4.69) is 25.2 Å². The maximum Gasteiger partial charge on any atom is 0.412 e. The topological polar surface area (TPSA) is 38.3 Å². The Balaban J connectivity index is 2.01. The molecule has 0 aliphatic heterocycles. The highest BCUT2D eigenvalue weighted by Gasteiger charge is 2.18. The lowest BCUT2D eigenvalue weighted by molar-refractivity contribution is 0.191. The summed E-state index contributed by atoms with van der Waals surface area (Å²) in [6, 6.07) is 6.32. The molecular formula is C17H25NO2. The molecule has 0 atom stereocenters. The minimum atomic E-state index is -0.315. The molecule has 1 amide bonds. The van der Waals surface area contributed by atoms with Crippen molar-refractivity contribution in [3.05, 3.63) is 29.3 Å². The Labute approximate surface area is 121 Å². The average Bonchev–Trinajstić information content (AvgIpc) is 2.39. The standard InChI is InChI=1S/C17H25NO2/c1-12(2)15-10-9-13(3)11-16(15)20-17(19)18-14-7-5-4-6-8-14/h9-12,14H,4-8H2,1-3H3,(H,18,19). The fraction of sp³-hybridized carbons (Fsp3) is 0.588. The molecule has 0 bridgehead atoms. The second kappa shape index (κ2) is 6.78. The van der Waals surface area contributed by atoms with Gasteiger partial charge in [-0.25, -0.2) is 4.79 Å². The Bertz CT molecular complexity index is 462. The van der Waals surface area contributed by atoms with Crippen LogP contribution >= 0.6 is 0 Å². The van der Waals surface area contributed by atoms with Crippen molar-refractivity contribution in [1.82, 2.24) is 5.32 Å². The summed E-state index contributed by atoms with van der Waals surface area (Å²) >= 11 is 0. The van der Waals surface area contributed by atoms with E-state index in [1.807, 2.05) is 19.1 Å². The first-order valence-electron chi connectivity index (χ1n) is 7.65. The Kier molecular flexibility index (Phi) is 5.05. The van der Waals surface area contributed by atoms with Crippen LogP contribution in [0.4, 0.5) is 4.79 Å². The number of hydrogen-bond donors (Lipinski definition) is 1. The second-order valence-electron chi connectivity index (χ2n) is 6.06. The van der Waals surface area contributed by atoms with Gasteiger partial charge < -0.3 is 10.1 Å². The van der Waals surface area contributed by atoms with E-state index in [0.29, 0.717) is 11.7 Å². The van der Waals surface area contributed by atoms with Crippen molar-refractivity contribution in [1.29, 1.82) is 0 Å². The highest BCUT2D eigenvalue weighted by Crippen LogP contribution is 2.27. The number of hydrogen-bond acceptors (Lipinski definition) is 2. The van der Waals surface area contributed by atoms with Gasteiger partial charge in [-0.3, -0.25) is 0 Å². The second-order valence-corrected chi connectivity index (χ2v) is 6.06. The van der Waals surface area contributed by atoms with Crippen LogP contribution in [0, 0.1) is 6.92 Å². The fourth-order valence-corrected chi connectivity index (χ4v) is 2.75. The molecule has 3 nitrogen and oxygen atoms in total. The average molecular weight is 275 g/mol. The Hall–Kier alpha value is -1.51. The first-order valence-corrected chi connectivity index (χ1v) is 7.65. The van der Waals surface area contributed by atoms with Crippen LogP contribution in [-0.4, -0.2) is 12.1 Å². The number of carbonyl (C=O) groups excluding carboxylic acids is 1. The lowest BCUT2D eigenvalue weighted by Gasteiger charge is -2.23. The number of benzene rings is 1. The Morgan fingerprint density at radius 3 is 2.60 bits per heavy atom. The van der Waals surface area contributed by atoms with Crippen LogP contribution in [-0.2, 0) is 0 Å². The molecule has 0 saturated heterocycles. The van der Waals surface area contributed by atoms with Crippen molar-refractivity contribution in [2.45, 2.75) is 64.8 Å². The number of ether oxygens (including phenoxy) is 1. The van der Waals surface area contributed by atoms with E-state index in [0.717, 1.165) is 24.0 Å². The molecule has 0 radical (unpaired) electrons. The fourth-order valence-electron chi connectivity index (χ4n) is 2.75. The summed E-state index contributed by atoms with van der Waals surface area (Å²) in [5, 5.41) is 2.99. The SMILES string of the molecule is Cc1ccc(C(C)C)c(OC(=O)NC2CCCCC2)c1. The van der Waals surface area contributed by atoms with Crippen molar-refractivity contribution in [3.8, 4) is 5.75 Å². The summed E-state index contributed by atoms with van der Waals surface area (Å²) < 4.78 is 5.54. The Morgan fingerprint density at radius 2 is 1.95 bits per heavy atom. The van der Waals surface area contributed by atoms with Gasteiger partial charge in [-0.2, -0.15) is 0 Å². The largest absolute Gasteiger partial charge is 0.412 e. The van der Waals surface area contributed by atoms with E-state index in [-0.39, 0.29) is 12.1 Å². The smallest absolute Gasteiger partial charge is 0.410 e. The predicted octanol–water partition coefficient (Wildman–Crippen LogP) is 4.54. The highest BCUT2D eigenvalue weighted by molar-refractivity contribution is 5.71. The third-order valence-electron chi connectivity index (χ3n) is 3.92. The number of amides is 1. The zero-order chi connectivity index (χ0) is 14.5. The quantitative estimate of drug-likeness (QED) is 0.879. The first kappa shape index (κ1) is 14.9. The minimum Gasteiger partial charge on any atom is -0.410 e.